The first-order valence-corrected chi connectivity index (χ1v) is 7.24. The number of ether oxygens (including phenoxy) is 1. The van der Waals surface area contributed by atoms with Crippen molar-refractivity contribution in [2.75, 3.05) is 19.8 Å². The molecule has 2 heterocycles. The van der Waals surface area contributed by atoms with E-state index in [9.17, 15) is 0 Å². The monoisotopic (exact) mass is 249 g/mol. The fourth-order valence-electron chi connectivity index (χ4n) is 2.99. The summed E-state index contributed by atoms with van der Waals surface area (Å²) in [5, 5.41) is 8.17. The van der Waals surface area contributed by atoms with Gasteiger partial charge in [0.2, 0.25) is 0 Å². The highest BCUT2D eigenvalue weighted by molar-refractivity contribution is 5.00. The highest BCUT2D eigenvalue weighted by Crippen LogP contribution is 2.28. The molecule has 1 N–H and O–H groups in total. The second kappa shape index (κ2) is 5.85. The predicted octanol–water partition coefficient (Wildman–Crippen LogP) is 2.12. The Labute approximate surface area is 109 Å². The molecular weight excluding hydrogens is 226 g/mol. The van der Waals surface area contributed by atoms with E-state index < -0.39 is 0 Å². The van der Waals surface area contributed by atoms with E-state index in [1.54, 1.807) is 0 Å². The minimum Gasteiger partial charge on any atom is -0.381 e. The van der Waals surface area contributed by atoms with Crippen molar-refractivity contribution in [1.29, 1.82) is 0 Å². The first kappa shape index (κ1) is 12.2. The summed E-state index contributed by atoms with van der Waals surface area (Å²) in [6, 6.07) is 2.80. The molecule has 1 saturated heterocycles. The van der Waals surface area contributed by atoms with Crippen LogP contribution in [0.1, 0.15) is 43.8 Å². The van der Waals surface area contributed by atoms with Crippen LogP contribution >= 0.6 is 0 Å². The highest BCUT2D eigenvalue weighted by atomic mass is 16.5. The van der Waals surface area contributed by atoms with E-state index in [1.165, 1.54) is 37.8 Å². The Balaban J connectivity index is 1.44. The van der Waals surface area contributed by atoms with Gasteiger partial charge in [0.25, 0.3) is 0 Å². The zero-order valence-electron chi connectivity index (χ0n) is 11.0. The topological polar surface area (TPSA) is 39.1 Å². The Morgan fingerprint density at radius 3 is 3.00 bits per heavy atom. The normalized spacial score (nSPS) is 25.0. The minimum atomic E-state index is 0.655. The van der Waals surface area contributed by atoms with Crippen LogP contribution in [0.2, 0.25) is 0 Å². The van der Waals surface area contributed by atoms with Gasteiger partial charge in [-0.2, -0.15) is 5.10 Å². The Hall–Kier alpha value is -0.870. The lowest BCUT2D eigenvalue weighted by molar-refractivity contribution is 0.185. The molecule has 4 nitrogen and oxygen atoms in total. The van der Waals surface area contributed by atoms with Crippen LogP contribution in [0.3, 0.4) is 0 Å². The quantitative estimate of drug-likeness (QED) is 0.869. The third kappa shape index (κ3) is 2.93. The summed E-state index contributed by atoms with van der Waals surface area (Å²) in [6.45, 7) is 3.79. The van der Waals surface area contributed by atoms with Gasteiger partial charge in [0.15, 0.2) is 0 Å². The molecule has 1 aromatic rings. The molecule has 1 unspecified atom stereocenters. The fraction of sp³-hybridized carbons (Fsp3) is 0.786. The molecule has 0 aromatic carbocycles. The summed E-state index contributed by atoms with van der Waals surface area (Å²) in [7, 11) is 0. The van der Waals surface area contributed by atoms with Gasteiger partial charge in [-0.1, -0.05) is 12.8 Å². The van der Waals surface area contributed by atoms with Crippen LogP contribution in [0.15, 0.2) is 12.3 Å². The van der Waals surface area contributed by atoms with Crippen LogP contribution in [0.25, 0.3) is 0 Å². The van der Waals surface area contributed by atoms with Gasteiger partial charge in [0.1, 0.15) is 0 Å². The molecule has 1 saturated carbocycles. The summed E-state index contributed by atoms with van der Waals surface area (Å²) in [5.41, 5.74) is 1.17. The lowest BCUT2D eigenvalue weighted by Crippen LogP contribution is -2.23. The first-order valence-electron chi connectivity index (χ1n) is 7.24. The summed E-state index contributed by atoms with van der Waals surface area (Å²) in [4.78, 5) is 0. The van der Waals surface area contributed by atoms with Crippen molar-refractivity contribution in [2.24, 2.45) is 5.92 Å². The van der Waals surface area contributed by atoms with Crippen molar-refractivity contribution < 1.29 is 4.74 Å². The second-order valence-corrected chi connectivity index (χ2v) is 5.59. The SMILES string of the molecule is c1cn(C2CCCC2)nc1CNCC1CCOC1. The molecule has 2 fully saturated rings. The predicted molar refractivity (Wildman–Crippen MR) is 70.4 cm³/mol. The van der Waals surface area contributed by atoms with E-state index in [0.717, 1.165) is 26.3 Å². The highest BCUT2D eigenvalue weighted by Gasteiger charge is 2.18. The van der Waals surface area contributed by atoms with Crippen LogP contribution in [-0.2, 0) is 11.3 Å². The van der Waals surface area contributed by atoms with E-state index in [-0.39, 0.29) is 0 Å². The molecule has 0 radical (unpaired) electrons. The van der Waals surface area contributed by atoms with Gasteiger partial charge < -0.3 is 10.1 Å². The third-order valence-electron chi connectivity index (χ3n) is 4.13. The molecular formula is C14H23N3O. The Kier molecular flexibility index (Phi) is 3.96. The van der Waals surface area contributed by atoms with E-state index in [1.807, 2.05) is 0 Å². The van der Waals surface area contributed by atoms with Crippen molar-refractivity contribution >= 4 is 0 Å². The van der Waals surface area contributed by atoms with Crippen LogP contribution in [0.4, 0.5) is 0 Å². The number of rotatable bonds is 5. The largest absolute Gasteiger partial charge is 0.381 e. The van der Waals surface area contributed by atoms with Crippen molar-refractivity contribution in [3.8, 4) is 0 Å². The number of hydrogen-bond acceptors (Lipinski definition) is 3. The van der Waals surface area contributed by atoms with Gasteiger partial charge in [0.05, 0.1) is 18.3 Å². The summed E-state index contributed by atoms with van der Waals surface area (Å²) in [5.74, 6) is 0.696. The molecule has 1 aliphatic heterocycles. The van der Waals surface area contributed by atoms with Crippen LogP contribution in [0.5, 0.6) is 0 Å². The lowest BCUT2D eigenvalue weighted by Gasteiger charge is -2.10. The summed E-state index contributed by atoms with van der Waals surface area (Å²) < 4.78 is 7.54. The van der Waals surface area contributed by atoms with Gasteiger partial charge in [0, 0.05) is 25.9 Å². The number of hydrogen-bond donors (Lipinski definition) is 1. The van der Waals surface area contributed by atoms with Gasteiger partial charge >= 0.3 is 0 Å². The van der Waals surface area contributed by atoms with E-state index in [4.69, 9.17) is 4.74 Å². The average Bonchev–Trinajstić information content (AvgIpc) is 3.12. The smallest absolute Gasteiger partial charge is 0.0762 e. The molecule has 0 amide bonds. The molecule has 2 aliphatic rings. The Bertz CT molecular complexity index is 365. The molecule has 1 atom stereocenters. The maximum Gasteiger partial charge on any atom is 0.0762 e. The van der Waals surface area contributed by atoms with Crippen LogP contribution in [0, 0.1) is 5.92 Å². The molecule has 18 heavy (non-hydrogen) atoms. The standard InChI is InChI=1S/C14H23N3O/c1-2-4-14(3-1)17-7-5-13(16-17)10-15-9-12-6-8-18-11-12/h5,7,12,14-15H,1-4,6,8-11H2. The fourth-order valence-corrected chi connectivity index (χ4v) is 2.99. The summed E-state index contributed by atoms with van der Waals surface area (Å²) >= 11 is 0. The van der Waals surface area contributed by atoms with E-state index in [2.05, 4.69) is 27.4 Å². The van der Waals surface area contributed by atoms with Crippen molar-refractivity contribution in [3.05, 3.63) is 18.0 Å². The van der Waals surface area contributed by atoms with Crippen LogP contribution < -0.4 is 5.32 Å². The molecule has 1 aromatic heterocycles. The van der Waals surface area contributed by atoms with E-state index in [0.29, 0.717) is 12.0 Å². The first-order chi connectivity index (χ1) is 8.92. The van der Waals surface area contributed by atoms with Crippen molar-refractivity contribution in [2.45, 2.75) is 44.7 Å². The van der Waals surface area contributed by atoms with Crippen molar-refractivity contribution in [3.63, 3.8) is 0 Å². The summed E-state index contributed by atoms with van der Waals surface area (Å²) in [6.07, 6.45) is 8.66. The number of nitrogens with one attached hydrogen (secondary N) is 1. The third-order valence-corrected chi connectivity index (χ3v) is 4.13. The van der Waals surface area contributed by atoms with Gasteiger partial charge in [-0.15, -0.1) is 0 Å². The van der Waals surface area contributed by atoms with Gasteiger partial charge in [-0.05, 0) is 31.2 Å². The average molecular weight is 249 g/mol. The maximum absolute atomic E-state index is 5.37. The zero-order valence-corrected chi connectivity index (χ0v) is 11.0. The number of aromatic nitrogens is 2. The van der Waals surface area contributed by atoms with Gasteiger partial charge in [-0.3, -0.25) is 4.68 Å². The molecule has 0 bridgehead atoms. The van der Waals surface area contributed by atoms with Gasteiger partial charge in [-0.25, -0.2) is 0 Å². The molecule has 3 rings (SSSR count). The number of nitrogens with zero attached hydrogens (tertiary/aromatic N) is 2. The second-order valence-electron chi connectivity index (χ2n) is 5.59. The molecule has 1 aliphatic carbocycles. The Morgan fingerprint density at radius 2 is 2.22 bits per heavy atom. The van der Waals surface area contributed by atoms with Crippen LogP contribution in [-0.4, -0.2) is 29.5 Å². The Morgan fingerprint density at radius 1 is 1.33 bits per heavy atom. The van der Waals surface area contributed by atoms with E-state index >= 15 is 0 Å². The molecule has 4 heteroatoms. The molecule has 100 valence electrons. The zero-order chi connectivity index (χ0) is 12.2. The lowest BCUT2D eigenvalue weighted by atomic mass is 10.1. The molecule has 0 spiro atoms. The maximum atomic E-state index is 5.37. The van der Waals surface area contributed by atoms with Crippen molar-refractivity contribution in [1.82, 2.24) is 15.1 Å². The minimum absolute atomic E-state index is 0.655.